The summed E-state index contributed by atoms with van der Waals surface area (Å²) >= 11 is 15.1. The Kier molecular flexibility index (Phi) is 5.15. The van der Waals surface area contributed by atoms with Gasteiger partial charge in [0, 0.05) is 17.0 Å². The first-order valence-electron chi connectivity index (χ1n) is 7.81. The van der Waals surface area contributed by atoms with Crippen molar-refractivity contribution in [3.05, 3.63) is 74.0 Å². The van der Waals surface area contributed by atoms with Gasteiger partial charge in [-0.15, -0.1) is 22.7 Å². The van der Waals surface area contributed by atoms with Gasteiger partial charge in [0.1, 0.15) is 22.6 Å². The lowest BCUT2D eigenvalue weighted by Gasteiger charge is -1.99. The van der Waals surface area contributed by atoms with Gasteiger partial charge < -0.3 is 4.42 Å². The van der Waals surface area contributed by atoms with E-state index in [4.69, 9.17) is 27.6 Å². The van der Waals surface area contributed by atoms with Gasteiger partial charge in [-0.05, 0) is 41.8 Å². The number of benzene rings is 1. The first-order valence-corrected chi connectivity index (χ1v) is 10.3. The van der Waals surface area contributed by atoms with Crippen LogP contribution in [0.2, 0.25) is 10.0 Å². The van der Waals surface area contributed by atoms with E-state index in [9.17, 15) is 5.26 Å². The van der Waals surface area contributed by atoms with Gasteiger partial charge >= 0.3 is 0 Å². The van der Waals surface area contributed by atoms with Crippen LogP contribution in [0.15, 0.2) is 57.6 Å². The standard InChI is InChI=1S/C20H10Cl2N2OS2/c21-15-5-3-12(9-16(15)22)18-6-4-14(25-18)8-13(10-23)20-24-17(11-27-20)19-2-1-7-26-19/h1-9,11H/b13-8+. The van der Waals surface area contributed by atoms with Crippen LogP contribution in [-0.2, 0) is 0 Å². The Morgan fingerprint density at radius 2 is 2.00 bits per heavy atom. The molecule has 0 saturated heterocycles. The van der Waals surface area contributed by atoms with E-state index >= 15 is 0 Å². The fourth-order valence-electron chi connectivity index (χ4n) is 2.45. The smallest absolute Gasteiger partial charge is 0.134 e. The lowest BCUT2D eigenvalue weighted by molar-refractivity contribution is 0.572. The molecule has 0 N–H and O–H groups in total. The Morgan fingerprint density at radius 1 is 1.11 bits per heavy atom. The average molecular weight is 429 g/mol. The lowest BCUT2D eigenvalue weighted by atomic mass is 10.2. The van der Waals surface area contributed by atoms with Crippen molar-refractivity contribution < 1.29 is 4.42 Å². The maximum absolute atomic E-state index is 9.55. The van der Waals surface area contributed by atoms with Crippen molar-refractivity contribution in [3.8, 4) is 28.0 Å². The Labute approximate surface area is 173 Å². The zero-order valence-corrected chi connectivity index (χ0v) is 16.8. The van der Waals surface area contributed by atoms with E-state index in [1.165, 1.54) is 11.3 Å². The molecule has 0 aliphatic rings. The normalized spacial score (nSPS) is 11.5. The first-order chi connectivity index (χ1) is 13.1. The molecule has 0 bridgehead atoms. The topological polar surface area (TPSA) is 49.8 Å². The van der Waals surface area contributed by atoms with Crippen molar-refractivity contribution >= 4 is 57.5 Å². The van der Waals surface area contributed by atoms with Gasteiger partial charge in [-0.25, -0.2) is 4.98 Å². The minimum atomic E-state index is 0.456. The number of hydrogen-bond donors (Lipinski definition) is 0. The Hall–Kier alpha value is -2.36. The molecule has 132 valence electrons. The molecule has 0 fully saturated rings. The maximum atomic E-state index is 9.55. The summed E-state index contributed by atoms with van der Waals surface area (Å²) in [6.07, 6.45) is 1.69. The molecule has 0 atom stereocenters. The van der Waals surface area contributed by atoms with Crippen molar-refractivity contribution in [2.45, 2.75) is 0 Å². The number of thiophene rings is 1. The SMILES string of the molecule is N#C/C(=C\c1ccc(-c2ccc(Cl)c(Cl)c2)o1)c1nc(-c2cccs2)cs1. The van der Waals surface area contributed by atoms with Crippen LogP contribution in [0.4, 0.5) is 0 Å². The number of nitriles is 1. The highest BCUT2D eigenvalue weighted by Crippen LogP contribution is 2.32. The van der Waals surface area contributed by atoms with Crippen molar-refractivity contribution in [2.75, 3.05) is 0 Å². The Morgan fingerprint density at radius 3 is 2.74 bits per heavy atom. The third kappa shape index (κ3) is 3.85. The molecular weight excluding hydrogens is 419 g/mol. The molecule has 0 saturated carbocycles. The molecule has 4 rings (SSSR count). The quantitative estimate of drug-likeness (QED) is 0.316. The summed E-state index contributed by atoms with van der Waals surface area (Å²) in [4.78, 5) is 5.65. The Bertz CT molecular complexity index is 1170. The van der Waals surface area contributed by atoms with Crippen molar-refractivity contribution in [1.29, 1.82) is 5.26 Å². The van der Waals surface area contributed by atoms with Gasteiger partial charge in [-0.1, -0.05) is 29.3 Å². The van der Waals surface area contributed by atoms with Crippen LogP contribution in [0.25, 0.3) is 33.5 Å². The predicted octanol–water partition coefficient (Wildman–Crippen LogP) is 7.50. The van der Waals surface area contributed by atoms with E-state index in [2.05, 4.69) is 11.1 Å². The molecule has 27 heavy (non-hydrogen) atoms. The maximum Gasteiger partial charge on any atom is 0.134 e. The molecular formula is C20H10Cl2N2OS2. The summed E-state index contributed by atoms with van der Waals surface area (Å²) in [5.41, 5.74) is 2.15. The highest BCUT2D eigenvalue weighted by atomic mass is 35.5. The average Bonchev–Trinajstić information content (AvgIpc) is 3.42. The molecule has 0 unspecified atom stereocenters. The molecule has 0 spiro atoms. The minimum absolute atomic E-state index is 0.456. The largest absolute Gasteiger partial charge is 0.457 e. The summed E-state index contributed by atoms with van der Waals surface area (Å²) in [6.45, 7) is 0. The second-order valence-electron chi connectivity index (χ2n) is 5.52. The summed E-state index contributed by atoms with van der Waals surface area (Å²) in [5, 5.41) is 15.1. The molecule has 3 nitrogen and oxygen atoms in total. The Balaban J connectivity index is 1.63. The van der Waals surface area contributed by atoms with Crippen LogP contribution in [0.3, 0.4) is 0 Å². The van der Waals surface area contributed by atoms with Crippen molar-refractivity contribution in [1.82, 2.24) is 4.98 Å². The van der Waals surface area contributed by atoms with Gasteiger partial charge in [-0.3, -0.25) is 0 Å². The number of thiazole rings is 1. The molecule has 0 radical (unpaired) electrons. The van der Waals surface area contributed by atoms with Crippen molar-refractivity contribution in [3.63, 3.8) is 0 Å². The number of halogens is 2. The van der Waals surface area contributed by atoms with Crippen LogP contribution in [-0.4, -0.2) is 4.98 Å². The number of hydrogen-bond acceptors (Lipinski definition) is 5. The molecule has 0 aliphatic carbocycles. The van der Waals surface area contributed by atoms with E-state index in [-0.39, 0.29) is 0 Å². The van der Waals surface area contributed by atoms with Gasteiger partial charge in [0.15, 0.2) is 0 Å². The summed E-state index contributed by atoms with van der Waals surface area (Å²) in [6, 6.07) is 15.1. The molecule has 0 amide bonds. The number of aromatic nitrogens is 1. The van der Waals surface area contributed by atoms with Crippen LogP contribution in [0.5, 0.6) is 0 Å². The van der Waals surface area contributed by atoms with E-state index in [0.29, 0.717) is 32.1 Å². The zero-order valence-electron chi connectivity index (χ0n) is 13.6. The number of nitrogens with zero attached hydrogens (tertiary/aromatic N) is 2. The van der Waals surface area contributed by atoms with Crippen LogP contribution in [0.1, 0.15) is 10.8 Å². The molecule has 3 aromatic heterocycles. The van der Waals surface area contributed by atoms with Crippen LogP contribution < -0.4 is 0 Å². The van der Waals surface area contributed by atoms with Gasteiger partial charge in [-0.2, -0.15) is 5.26 Å². The first kappa shape index (κ1) is 18.0. The molecule has 7 heteroatoms. The molecule has 4 aromatic rings. The molecule has 3 heterocycles. The predicted molar refractivity (Wildman–Crippen MR) is 113 cm³/mol. The monoisotopic (exact) mass is 428 g/mol. The van der Waals surface area contributed by atoms with E-state index in [1.54, 1.807) is 29.5 Å². The van der Waals surface area contributed by atoms with Gasteiger partial charge in [0.05, 0.1) is 26.2 Å². The fraction of sp³-hybridized carbons (Fsp3) is 0. The van der Waals surface area contributed by atoms with Crippen LogP contribution >= 0.6 is 45.9 Å². The third-order valence-corrected chi connectivity index (χ3v) is 6.25. The minimum Gasteiger partial charge on any atom is -0.457 e. The van der Waals surface area contributed by atoms with E-state index in [0.717, 1.165) is 16.1 Å². The third-order valence-electron chi connectivity index (χ3n) is 3.75. The summed E-state index contributed by atoms with van der Waals surface area (Å²) in [7, 11) is 0. The second kappa shape index (κ2) is 7.71. The molecule has 0 aliphatic heterocycles. The van der Waals surface area contributed by atoms with E-state index < -0.39 is 0 Å². The van der Waals surface area contributed by atoms with Gasteiger partial charge in [0.25, 0.3) is 0 Å². The number of furan rings is 1. The van der Waals surface area contributed by atoms with E-state index in [1.807, 2.05) is 41.1 Å². The highest BCUT2D eigenvalue weighted by molar-refractivity contribution is 7.14. The van der Waals surface area contributed by atoms with Crippen molar-refractivity contribution in [2.24, 2.45) is 0 Å². The van der Waals surface area contributed by atoms with Gasteiger partial charge in [0.2, 0.25) is 0 Å². The summed E-state index contributed by atoms with van der Waals surface area (Å²) in [5.74, 6) is 1.22. The summed E-state index contributed by atoms with van der Waals surface area (Å²) < 4.78 is 5.85. The zero-order chi connectivity index (χ0) is 18.8. The second-order valence-corrected chi connectivity index (χ2v) is 8.14. The van der Waals surface area contributed by atoms with Crippen LogP contribution in [0, 0.1) is 11.3 Å². The highest BCUT2D eigenvalue weighted by Gasteiger charge is 2.12. The fourth-order valence-corrected chi connectivity index (χ4v) is 4.30. The molecule has 1 aromatic carbocycles. The number of allylic oxidation sites excluding steroid dienone is 1. The lowest BCUT2D eigenvalue weighted by Crippen LogP contribution is -1.80. The number of rotatable bonds is 4.